The second-order valence-corrected chi connectivity index (χ2v) is 6.80. The minimum atomic E-state index is 0.103. The first-order valence-electron chi connectivity index (χ1n) is 8.07. The molecule has 0 bridgehead atoms. The minimum absolute atomic E-state index is 0.103. The first-order valence-corrected chi connectivity index (χ1v) is 8.07. The molecule has 0 unspecified atom stereocenters. The highest BCUT2D eigenvalue weighted by atomic mass is 16.3. The second kappa shape index (κ2) is 8.40. The molecule has 0 saturated carbocycles. The van der Waals surface area contributed by atoms with E-state index in [2.05, 4.69) is 63.0 Å². The van der Waals surface area contributed by atoms with Crippen LogP contribution in [-0.2, 0) is 6.54 Å². The molecular formula is C18H32N2O. The molecule has 1 rings (SSSR count). The predicted octanol–water partition coefficient (Wildman–Crippen LogP) is 3.48. The van der Waals surface area contributed by atoms with Gasteiger partial charge in [0.05, 0.1) is 6.61 Å². The molecule has 0 aliphatic heterocycles. The lowest BCUT2D eigenvalue weighted by Crippen LogP contribution is -2.36. The van der Waals surface area contributed by atoms with Gasteiger partial charge in [0.25, 0.3) is 0 Å². The summed E-state index contributed by atoms with van der Waals surface area (Å²) in [5, 5.41) is 12.9. The van der Waals surface area contributed by atoms with Crippen LogP contribution in [-0.4, -0.2) is 30.3 Å². The van der Waals surface area contributed by atoms with Gasteiger partial charge in [-0.2, -0.15) is 0 Å². The predicted molar refractivity (Wildman–Crippen MR) is 92.0 cm³/mol. The Morgan fingerprint density at radius 3 is 2.48 bits per heavy atom. The summed E-state index contributed by atoms with van der Waals surface area (Å²) in [6.45, 7) is 13.6. The SMILES string of the molecule is CCCCN(CCO)c1ccc(C)cc1CNC(C)(C)C. The number of aryl methyl sites for hydroxylation is 1. The molecule has 21 heavy (non-hydrogen) atoms. The fourth-order valence-corrected chi connectivity index (χ4v) is 2.35. The first-order chi connectivity index (χ1) is 9.87. The van der Waals surface area contributed by atoms with Crippen LogP contribution in [0.4, 0.5) is 5.69 Å². The van der Waals surface area contributed by atoms with Crippen LogP contribution >= 0.6 is 0 Å². The summed E-state index contributed by atoms with van der Waals surface area (Å²) in [4.78, 5) is 2.31. The summed E-state index contributed by atoms with van der Waals surface area (Å²) >= 11 is 0. The monoisotopic (exact) mass is 292 g/mol. The lowest BCUT2D eigenvalue weighted by Gasteiger charge is -2.28. The van der Waals surface area contributed by atoms with Gasteiger partial charge in [-0.25, -0.2) is 0 Å². The third kappa shape index (κ3) is 6.49. The first kappa shape index (κ1) is 18.0. The molecule has 0 aromatic heterocycles. The normalized spacial score (nSPS) is 11.7. The maximum absolute atomic E-state index is 9.34. The number of hydrogen-bond acceptors (Lipinski definition) is 3. The van der Waals surface area contributed by atoms with Gasteiger partial charge in [0.2, 0.25) is 0 Å². The number of benzene rings is 1. The zero-order valence-corrected chi connectivity index (χ0v) is 14.4. The number of rotatable bonds is 8. The van der Waals surface area contributed by atoms with Crippen molar-refractivity contribution >= 4 is 5.69 Å². The summed E-state index contributed by atoms with van der Waals surface area (Å²) in [5.41, 5.74) is 3.95. The Hall–Kier alpha value is -1.06. The van der Waals surface area contributed by atoms with Crippen molar-refractivity contribution in [2.75, 3.05) is 24.6 Å². The highest BCUT2D eigenvalue weighted by Crippen LogP contribution is 2.23. The molecule has 0 fully saturated rings. The molecule has 0 aliphatic rings. The van der Waals surface area contributed by atoms with Crippen LogP contribution in [0, 0.1) is 6.92 Å². The van der Waals surface area contributed by atoms with E-state index in [0.29, 0.717) is 6.54 Å². The van der Waals surface area contributed by atoms with Crippen molar-refractivity contribution in [3.8, 4) is 0 Å². The van der Waals surface area contributed by atoms with Gasteiger partial charge in [0, 0.05) is 30.9 Å². The summed E-state index contributed by atoms with van der Waals surface area (Å²) in [7, 11) is 0. The molecule has 0 aliphatic carbocycles. The van der Waals surface area contributed by atoms with Gasteiger partial charge < -0.3 is 15.3 Å². The van der Waals surface area contributed by atoms with Crippen molar-refractivity contribution in [2.45, 2.75) is 59.5 Å². The molecular weight excluding hydrogens is 260 g/mol. The largest absolute Gasteiger partial charge is 0.395 e. The Labute approximate surface area is 130 Å². The Morgan fingerprint density at radius 1 is 1.19 bits per heavy atom. The molecule has 0 radical (unpaired) electrons. The quantitative estimate of drug-likeness (QED) is 0.770. The topological polar surface area (TPSA) is 35.5 Å². The number of aliphatic hydroxyl groups is 1. The average Bonchev–Trinajstić information content (AvgIpc) is 2.41. The van der Waals surface area contributed by atoms with E-state index in [4.69, 9.17) is 0 Å². The van der Waals surface area contributed by atoms with Crippen molar-refractivity contribution in [3.05, 3.63) is 29.3 Å². The van der Waals surface area contributed by atoms with E-state index in [1.807, 2.05) is 0 Å². The fourth-order valence-electron chi connectivity index (χ4n) is 2.35. The Bertz CT molecular complexity index is 424. The van der Waals surface area contributed by atoms with Crippen LogP contribution in [0.15, 0.2) is 18.2 Å². The number of nitrogens with zero attached hydrogens (tertiary/aromatic N) is 1. The molecule has 0 spiro atoms. The summed E-state index contributed by atoms with van der Waals surface area (Å²) in [6.07, 6.45) is 2.32. The van der Waals surface area contributed by atoms with Crippen LogP contribution < -0.4 is 10.2 Å². The smallest absolute Gasteiger partial charge is 0.0606 e. The molecule has 2 N–H and O–H groups in total. The van der Waals surface area contributed by atoms with Gasteiger partial charge in [-0.15, -0.1) is 0 Å². The minimum Gasteiger partial charge on any atom is -0.395 e. The number of anilines is 1. The molecule has 1 aromatic carbocycles. The van der Waals surface area contributed by atoms with Gasteiger partial charge in [-0.05, 0) is 45.7 Å². The number of unbranched alkanes of at least 4 members (excludes halogenated alkanes) is 1. The average molecular weight is 292 g/mol. The van der Waals surface area contributed by atoms with Crippen molar-refractivity contribution < 1.29 is 5.11 Å². The Morgan fingerprint density at radius 2 is 1.90 bits per heavy atom. The number of aliphatic hydroxyl groups excluding tert-OH is 1. The van der Waals surface area contributed by atoms with E-state index in [1.165, 1.54) is 23.2 Å². The van der Waals surface area contributed by atoms with Crippen LogP contribution in [0.3, 0.4) is 0 Å². The van der Waals surface area contributed by atoms with E-state index in [9.17, 15) is 5.11 Å². The van der Waals surface area contributed by atoms with Crippen LogP contribution in [0.1, 0.15) is 51.7 Å². The lowest BCUT2D eigenvalue weighted by molar-refractivity contribution is 0.301. The van der Waals surface area contributed by atoms with Crippen molar-refractivity contribution in [1.82, 2.24) is 5.32 Å². The van der Waals surface area contributed by atoms with Gasteiger partial charge in [0.1, 0.15) is 0 Å². The standard InChI is InChI=1S/C18H32N2O/c1-6-7-10-20(11-12-21)17-9-8-15(2)13-16(17)14-19-18(3,4)5/h8-9,13,19,21H,6-7,10-12,14H2,1-5H3. The fraction of sp³-hybridized carbons (Fsp3) is 0.667. The summed E-state index contributed by atoms with van der Waals surface area (Å²) < 4.78 is 0. The molecule has 3 nitrogen and oxygen atoms in total. The van der Waals surface area contributed by atoms with E-state index in [0.717, 1.165) is 19.5 Å². The lowest BCUT2D eigenvalue weighted by atomic mass is 10.0. The molecule has 120 valence electrons. The number of nitrogens with one attached hydrogen (secondary N) is 1. The van der Waals surface area contributed by atoms with Crippen molar-refractivity contribution in [1.29, 1.82) is 0 Å². The van der Waals surface area contributed by atoms with Gasteiger partial charge in [-0.1, -0.05) is 31.0 Å². The maximum Gasteiger partial charge on any atom is 0.0606 e. The van der Waals surface area contributed by atoms with E-state index in [-0.39, 0.29) is 12.1 Å². The van der Waals surface area contributed by atoms with Crippen molar-refractivity contribution in [2.24, 2.45) is 0 Å². The van der Waals surface area contributed by atoms with Crippen LogP contribution in [0.5, 0.6) is 0 Å². The second-order valence-electron chi connectivity index (χ2n) is 6.80. The third-order valence-corrected chi connectivity index (χ3v) is 3.54. The molecule has 0 atom stereocenters. The van der Waals surface area contributed by atoms with Gasteiger partial charge in [0.15, 0.2) is 0 Å². The molecule has 0 amide bonds. The third-order valence-electron chi connectivity index (χ3n) is 3.54. The van der Waals surface area contributed by atoms with Crippen molar-refractivity contribution in [3.63, 3.8) is 0 Å². The van der Waals surface area contributed by atoms with Crippen LogP contribution in [0.25, 0.3) is 0 Å². The van der Waals surface area contributed by atoms with Gasteiger partial charge in [-0.3, -0.25) is 0 Å². The summed E-state index contributed by atoms with van der Waals surface area (Å²) in [6, 6.07) is 6.61. The van der Waals surface area contributed by atoms with E-state index < -0.39 is 0 Å². The van der Waals surface area contributed by atoms with Crippen LogP contribution in [0.2, 0.25) is 0 Å². The molecule has 0 heterocycles. The summed E-state index contributed by atoms with van der Waals surface area (Å²) in [5.74, 6) is 0. The molecule has 0 saturated heterocycles. The zero-order chi connectivity index (χ0) is 15.9. The Balaban J connectivity index is 2.96. The van der Waals surface area contributed by atoms with Gasteiger partial charge >= 0.3 is 0 Å². The number of hydrogen-bond donors (Lipinski definition) is 2. The molecule has 3 heteroatoms. The van der Waals surface area contributed by atoms with E-state index >= 15 is 0 Å². The maximum atomic E-state index is 9.34. The van der Waals surface area contributed by atoms with E-state index in [1.54, 1.807) is 0 Å². The highest BCUT2D eigenvalue weighted by Gasteiger charge is 2.14. The highest BCUT2D eigenvalue weighted by molar-refractivity contribution is 5.55. The zero-order valence-electron chi connectivity index (χ0n) is 14.4. The Kier molecular flexibility index (Phi) is 7.20. The molecule has 1 aromatic rings.